The highest BCUT2D eigenvalue weighted by Crippen LogP contribution is 2.63. The Morgan fingerprint density at radius 3 is 2.04 bits per heavy atom. The second-order valence-electron chi connectivity index (χ2n) is 16.8. The summed E-state index contributed by atoms with van der Waals surface area (Å²) in [5.41, 5.74) is 8.86. The van der Waals surface area contributed by atoms with E-state index in [1.54, 1.807) is 0 Å². The Balaban J connectivity index is 1.13. The Labute approximate surface area is 316 Å². The van der Waals surface area contributed by atoms with Gasteiger partial charge in [0.2, 0.25) is 0 Å². The van der Waals surface area contributed by atoms with Gasteiger partial charge in [0, 0.05) is 27.7 Å². The van der Waals surface area contributed by atoms with Crippen LogP contribution >= 0.6 is 0 Å². The molecule has 6 aromatic carbocycles. The summed E-state index contributed by atoms with van der Waals surface area (Å²) in [4.78, 5) is 16.7. The molecule has 0 radical (unpaired) electrons. The first kappa shape index (κ1) is 30.8. The molecule has 54 heavy (non-hydrogen) atoms. The zero-order valence-electron chi connectivity index (χ0n) is 30.3. The molecule has 4 heteroatoms. The van der Waals surface area contributed by atoms with Gasteiger partial charge in [0.15, 0.2) is 11.6 Å². The molecule has 262 valence electrons. The number of para-hydroxylation sites is 2. The molecule has 4 nitrogen and oxygen atoms in total. The van der Waals surface area contributed by atoms with Crippen molar-refractivity contribution < 1.29 is 4.74 Å². The van der Waals surface area contributed by atoms with Crippen molar-refractivity contribution in [2.45, 2.75) is 62.2 Å². The first-order chi connectivity index (χ1) is 26.7. The van der Waals surface area contributed by atoms with Crippen LogP contribution in [-0.4, -0.2) is 15.0 Å². The smallest absolute Gasteiger partial charge is 0.164 e. The molecule has 2 bridgehead atoms. The van der Waals surface area contributed by atoms with Gasteiger partial charge < -0.3 is 4.74 Å². The van der Waals surface area contributed by atoms with Crippen molar-refractivity contribution in [3.8, 4) is 45.4 Å². The number of aromatic nitrogens is 3. The first-order valence-corrected chi connectivity index (χ1v) is 20.0. The summed E-state index contributed by atoms with van der Waals surface area (Å²) in [6, 6.07) is 48.2. The van der Waals surface area contributed by atoms with E-state index in [0.29, 0.717) is 0 Å². The SMILES string of the molecule is c1ccc2c(c1)Oc1ccccc1C21c2ccccc2-c2c(-c3nc(-c4ccc5ccccc5c4)nc(C45CCC[C@@H](CC6CCC6C4)C5)n3)cccc21. The molecule has 3 unspecified atom stereocenters. The van der Waals surface area contributed by atoms with E-state index in [1.165, 1.54) is 95.5 Å². The molecule has 0 N–H and O–H groups in total. The van der Waals surface area contributed by atoms with Gasteiger partial charge in [0.1, 0.15) is 17.3 Å². The number of fused-ring (bicyclic) bond motifs is 13. The average Bonchev–Trinajstić information content (AvgIpc) is 3.48. The highest BCUT2D eigenvalue weighted by molar-refractivity contribution is 5.95. The summed E-state index contributed by atoms with van der Waals surface area (Å²) in [6.45, 7) is 0. The van der Waals surface area contributed by atoms with Crippen molar-refractivity contribution >= 4 is 10.8 Å². The number of ether oxygens (including phenoxy) is 1. The van der Waals surface area contributed by atoms with E-state index in [-0.39, 0.29) is 5.41 Å². The maximum absolute atomic E-state index is 6.62. The summed E-state index contributed by atoms with van der Waals surface area (Å²) in [6.07, 6.45) is 10.3. The van der Waals surface area contributed by atoms with Crippen LogP contribution in [0, 0.1) is 17.8 Å². The molecular formula is C50H41N3O. The predicted octanol–water partition coefficient (Wildman–Crippen LogP) is 12.1. The van der Waals surface area contributed by atoms with Crippen molar-refractivity contribution in [1.82, 2.24) is 15.0 Å². The lowest BCUT2D eigenvalue weighted by molar-refractivity contribution is 0.138. The molecule has 2 heterocycles. The monoisotopic (exact) mass is 699 g/mol. The van der Waals surface area contributed by atoms with E-state index in [0.717, 1.165) is 57.9 Å². The van der Waals surface area contributed by atoms with Crippen LogP contribution in [0.25, 0.3) is 44.7 Å². The third-order valence-corrected chi connectivity index (χ3v) is 14.0. The predicted molar refractivity (Wildman–Crippen MR) is 215 cm³/mol. The highest BCUT2D eigenvalue weighted by Gasteiger charge is 2.52. The van der Waals surface area contributed by atoms with Gasteiger partial charge in [-0.1, -0.05) is 128 Å². The molecule has 1 aliphatic heterocycles. The molecule has 3 fully saturated rings. The van der Waals surface area contributed by atoms with Crippen LogP contribution in [-0.2, 0) is 10.8 Å². The number of hydrogen-bond acceptors (Lipinski definition) is 4. The lowest BCUT2D eigenvalue weighted by Gasteiger charge is -2.41. The van der Waals surface area contributed by atoms with E-state index >= 15 is 0 Å². The maximum Gasteiger partial charge on any atom is 0.164 e. The fourth-order valence-corrected chi connectivity index (χ4v) is 11.6. The average molecular weight is 700 g/mol. The van der Waals surface area contributed by atoms with Crippen LogP contribution < -0.4 is 4.74 Å². The van der Waals surface area contributed by atoms with Crippen molar-refractivity contribution in [3.63, 3.8) is 0 Å². The summed E-state index contributed by atoms with van der Waals surface area (Å²) in [7, 11) is 0. The molecule has 0 amide bonds. The first-order valence-electron chi connectivity index (χ1n) is 20.0. The zero-order valence-corrected chi connectivity index (χ0v) is 30.3. The van der Waals surface area contributed by atoms with Gasteiger partial charge in [0.05, 0.1) is 5.41 Å². The van der Waals surface area contributed by atoms with Crippen molar-refractivity contribution in [2.24, 2.45) is 17.8 Å². The number of benzene rings is 6. The van der Waals surface area contributed by atoms with Crippen LogP contribution in [0.5, 0.6) is 11.5 Å². The molecule has 1 spiro atoms. The topological polar surface area (TPSA) is 47.9 Å². The molecule has 4 atom stereocenters. The van der Waals surface area contributed by atoms with E-state index in [9.17, 15) is 0 Å². The lowest BCUT2D eigenvalue weighted by atomic mass is 9.64. The molecule has 4 aliphatic carbocycles. The Morgan fingerprint density at radius 1 is 0.537 bits per heavy atom. The van der Waals surface area contributed by atoms with Gasteiger partial charge >= 0.3 is 0 Å². The molecular weight excluding hydrogens is 659 g/mol. The Bertz CT molecular complexity index is 2620. The Hall–Kier alpha value is -5.61. The largest absolute Gasteiger partial charge is 0.457 e. The van der Waals surface area contributed by atoms with Gasteiger partial charge in [-0.25, -0.2) is 15.0 Å². The van der Waals surface area contributed by atoms with Crippen LogP contribution in [0.2, 0.25) is 0 Å². The van der Waals surface area contributed by atoms with Crippen molar-refractivity contribution in [2.75, 3.05) is 0 Å². The number of rotatable bonds is 3. The number of nitrogens with zero attached hydrogens (tertiary/aromatic N) is 3. The quantitative estimate of drug-likeness (QED) is 0.184. The van der Waals surface area contributed by atoms with E-state index < -0.39 is 5.41 Å². The van der Waals surface area contributed by atoms with Crippen molar-refractivity contribution in [1.29, 1.82) is 0 Å². The fraction of sp³-hybridized carbons (Fsp3) is 0.260. The van der Waals surface area contributed by atoms with E-state index in [1.807, 2.05) is 0 Å². The second kappa shape index (κ2) is 11.4. The number of hydrogen-bond donors (Lipinski definition) is 0. The summed E-state index contributed by atoms with van der Waals surface area (Å²) in [5, 5.41) is 2.43. The van der Waals surface area contributed by atoms with Gasteiger partial charge in [0.25, 0.3) is 0 Å². The van der Waals surface area contributed by atoms with Crippen LogP contribution in [0.4, 0.5) is 0 Å². The van der Waals surface area contributed by atoms with Crippen molar-refractivity contribution in [3.05, 3.63) is 162 Å². The van der Waals surface area contributed by atoms with E-state index in [2.05, 4.69) is 133 Å². The highest BCUT2D eigenvalue weighted by atomic mass is 16.5. The van der Waals surface area contributed by atoms with Crippen LogP contribution in [0.15, 0.2) is 133 Å². The fourth-order valence-electron chi connectivity index (χ4n) is 11.6. The Kier molecular flexibility index (Phi) is 6.53. The minimum Gasteiger partial charge on any atom is -0.457 e. The van der Waals surface area contributed by atoms with Crippen LogP contribution in [0.1, 0.15) is 79.4 Å². The molecule has 3 saturated carbocycles. The Morgan fingerprint density at radius 2 is 1.22 bits per heavy atom. The van der Waals surface area contributed by atoms with Crippen LogP contribution in [0.3, 0.4) is 0 Å². The lowest BCUT2D eigenvalue weighted by Crippen LogP contribution is -2.36. The third kappa shape index (κ3) is 4.28. The molecule has 5 aliphatic rings. The second-order valence-corrected chi connectivity index (χ2v) is 16.8. The van der Waals surface area contributed by atoms with Gasteiger partial charge in [-0.3, -0.25) is 0 Å². The zero-order chi connectivity index (χ0) is 35.4. The minimum atomic E-state index is -0.541. The normalized spacial score (nSPS) is 23.9. The molecule has 0 saturated heterocycles. The van der Waals surface area contributed by atoms with E-state index in [4.69, 9.17) is 19.7 Å². The standard InChI is InChI=1S/C50H41N3O/c1-2-13-33-28-35(24-22-32(33)12-1)46-51-47(53-48(52-46)49-26-10-11-31(29-49)27-34-23-25-36(34)30-49)38-15-9-19-42-45(38)37-14-3-4-16-39(37)50(42)40-17-5-7-20-43(40)54-44-21-8-6-18-41(44)50/h1-9,12-22,24,28,31,34,36H,10-11,23,25-27,29-30H2/t31-,34?,36?,49?/m0/s1. The molecule has 1 aromatic heterocycles. The third-order valence-electron chi connectivity index (χ3n) is 14.0. The summed E-state index contributed by atoms with van der Waals surface area (Å²) >= 11 is 0. The minimum absolute atomic E-state index is 0.0122. The van der Waals surface area contributed by atoms with Gasteiger partial charge in [-0.15, -0.1) is 0 Å². The maximum atomic E-state index is 6.62. The summed E-state index contributed by atoms with van der Waals surface area (Å²) < 4.78 is 6.62. The van der Waals surface area contributed by atoms with Gasteiger partial charge in [-0.05, 0) is 108 Å². The van der Waals surface area contributed by atoms with Gasteiger partial charge in [-0.2, -0.15) is 0 Å². The molecule has 12 rings (SSSR count). The molecule has 7 aromatic rings. The summed E-state index contributed by atoms with van der Waals surface area (Å²) in [5.74, 6) is 6.83.